The predicted molar refractivity (Wildman–Crippen MR) is 82.9 cm³/mol. The summed E-state index contributed by atoms with van der Waals surface area (Å²) < 4.78 is 6.75. The molecule has 0 bridgehead atoms. The van der Waals surface area contributed by atoms with Crippen LogP contribution in [0.5, 0.6) is 0 Å². The fourth-order valence-electron chi connectivity index (χ4n) is 2.26. The Labute approximate surface area is 124 Å². The largest absolute Gasteiger partial charge is 0.454 e. The van der Waals surface area contributed by atoms with Crippen molar-refractivity contribution in [2.24, 2.45) is 0 Å². The van der Waals surface area contributed by atoms with Crippen LogP contribution in [0, 0.1) is 13.8 Å². The van der Waals surface area contributed by atoms with Crippen molar-refractivity contribution in [1.29, 1.82) is 0 Å². The summed E-state index contributed by atoms with van der Waals surface area (Å²) in [6.45, 7) is 3.73. The zero-order valence-electron chi connectivity index (χ0n) is 11.1. The molecule has 0 unspecified atom stereocenters. The highest BCUT2D eigenvalue weighted by atomic mass is 79.9. The van der Waals surface area contributed by atoms with Crippen molar-refractivity contribution >= 4 is 26.9 Å². The summed E-state index contributed by atoms with van der Waals surface area (Å²) in [7, 11) is 0. The van der Waals surface area contributed by atoms with E-state index < -0.39 is 0 Å². The van der Waals surface area contributed by atoms with E-state index in [2.05, 4.69) is 20.9 Å². The molecule has 0 saturated heterocycles. The van der Waals surface area contributed by atoms with Gasteiger partial charge in [0.2, 0.25) is 0 Å². The van der Waals surface area contributed by atoms with Crippen LogP contribution >= 0.6 is 15.9 Å². The minimum Gasteiger partial charge on any atom is -0.454 e. The SMILES string of the molecule is Cc1cc(Br)c2oc(-c3cccnc3)c(C)c(=O)c2c1. The summed E-state index contributed by atoms with van der Waals surface area (Å²) in [4.78, 5) is 16.6. The maximum atomic E-state index is 12.5. The van der Waals surface area contributed by atoms with Gasteiger partial charge in [0, 0.05) is 23.5 Å². The highest BCUT2D eigenvalue weighted by Crippen LogP contribution is 2.29. The number of aromatic nitrogens is 1. The van der Waals surface area contributed by atoms with Gasteiger partial charge in [0.25, 0.3) is 0 Å². The Balaban J connectivity index is 2.42. The Kier molecular flexibility index (Phi) is 3.18. The van der Waals surface area contributed by atoms with Gasteiger partial charge < -0.3 is 4.42 Å². The summed E-state index contributed by atoms with van der Waals surface area (Å²) in [6.07, 6.45) is 3.39. The quantitative estimate of drug-likeness (QED) is 0.670. The molecule has 0 aliphatic carbocycles. The van der Waals surface area contributed by atoms with Crippen molar-refractivity contribution in [1.82, 2.24) is 4.98 Å². The van der Waals surface area contributed by atoms with E-state index in [0.717, 1.165) is 15.6 Å². The highest BCUT2D eigenvalue weighted by molar-refractivity contribution is 9.10. The second kappa shape index (κ2) is 4.87. The first-order valence-electron chi connectivity index (χ1n) is 6.22. The molecule has 20 heavy (non-hydrogen) atoms. The lowest BCUT2D eigenvalue weighted by Gasteiger charge is -2.08. The first kappa shape index (κ1) is 13.1. The number of benzene rings is 1. The molecular formula is C16H12BrNO2. The standard InChI is InChI=1S/C16H12BrNO2/c1-9-6-12-14(19)10(2)15(11-4-3-5-18-8-11)20-16(12)13(17)7-9/h3-8H,1-2H3. The van der Waals surface area contributed by atoms with Gasteiger partial charge in [-0.3, -0.25) is 9.78 Å². The van der Waals surface area contributed by atoms with Crippen molar-refractivity contribution < 1.29 is 4.42 Å². The molecule has 0 amide bonds. The van der Waals surface area contributed by atoms with Gasteiger partial charge in [-0.2, -0.15) is 0 Å². The summed E-state index contributed by atoms with van der Waals surface area (Å²) in [6, 6.07) is 7.49. The molecule has 100 valence electrons. The van der Waals surface area contributed by atoms with Crippen molar-refractivity contribution in [3.63, 3.8) is 0 Å². The van der Waals surface area contributed by atoms with Gasteiger partial charge in [0.1, 0.15) is 5.76 Å². The molecule has 4 heteroatoms. The van der Waals surface area contributed by atoms with E-state index in [1.807, 2.05) is 31.2 Å². The molecule has 3 aromatic rings. The van der Waals surface area contributed by atoms with E-state index in [-0.39, 0.29) is 5.43 Å². The maximum absolute atomic E-state index is 12.5. The van der Waals surface area contributed by atoms with Gasteiger partial charge in [-0.1, -0.05) is 0 Å². The van der Waals surface area contributed by atoms with Gasteiger partial charge in [0.05, 0.1) is 9.86 Å². The van der Waals surface area contributed by atoms with Crippen molar-refractivity contribution in [2.45, 2.75) is 13.8 Å². The van der Waals surface area contributed by atoms with E-state index in [1.54, 1.807) is 19.3 Å². The Bertz CT molecular complexity index is 854. The molecule has 3 rings (SSSR count). The number of aryl methyl sites for hydroxylation is 1. The third-order valence-electron chi connectivity index (χ3n) is 3.24. The van der Waals surface area contributed by atoms with Crippen LogP contribution < -0.4 is 5.43 Å². The fourth-order valence-corrected chi connectivity index (χ4v) is 2.91. The molecule has 2 aromatic heterocycles. The van der Waals surface area contributed by atoms with Gasteiger partial charge in [-0.15, -0.1) is 0 Å². The van der Waals surface area contributed by atoms with Crippen LogP contribution in [0.25, 0.3) is 22.3 Å². The minimum atomic E-state index is -0.00509. The molecular weight excluding hydrogens is 318 g/mol. The average Bonchev–Trinajstić information content (AvgIpc) is 2.44. The van der Waals surface area contributed by atoms with E-state index >= 15 is 0 Å². The first-order valence-corrected chi connectivity index (χ1v) is 7.01. The summed E-state index contributed by atoms with van der Waals surface area (Å²) in [5, 5.41) is 0.599. The molecule has 0 atom stereocenters. The summed E-state index contributed by atoms with van der Waals surface area (Å²) >= 11 is 3.46. The Morgan fingerprint density at radius 3 is 2.75 bits per heavy atom. The van der Waals surface area contributed by atoms with Gasteiger partial charge in [0.15, 0.2) is 11.0 Å². The van der Waals surface area contributed by atoms with Crippen LogP contribution in [0.1, 0.15) is 11.1 Å². The van der Waals surface area contributed by atoms with Crippen molar-refractivity contribution in [2.75, 3.05) is 0 Å². The smallest absolute Gasteiger partial charge is 0.196 e. The van der Waals surface area contributed by atoms with Crippen LogP contribution in [0.2, 0.25) is 0 Å². The molecule has 0 radical (unpaired) electrons. The lowest BCUT2D eigenvalue weighted by atomic mass is 10.1. The Hall–Kier alpha value is -1.94. The van der Waals surface area contributed by atoms with Crippen LogP contribution in [0.4, 0.5) is 0 Å². The Morgan fingerprint density at radius 1 is 1.25 bits per heavy atom. The molecule has 0 aliphatic heterocycles. The van der Waals surface area contributed by atoms with Crippen LogP contribution in [0.3, 0.4) is 0 Å². The number of pyridine rings is 1. The minimum absolute atomic E-state index is 0.00509. The predicted octanol–water partition coefficient (Wildman–Crippen LogP) is 4.23. The second-order valence-electron chi connectivity index (χ2n) is 4.75. The normalized spacial score (nSPS) is 10.9. The zero-order chi connectivity index (χ0) is 14.3. The first-order chi connectivity index (χ1) is 9.58. The number of hydrogen-bond donors (Lipinski definition) is 0. The molecule has 0 N–H and O–H groups in total. The molecule has 3 nitrogen and oxygen atoms in total. The fraction of sp³-hybridized carbons (Fsp3) is 0.125. The lowest BCUT2D eigenvalue weighted by Crippen LogP contribution is -2.07. The number of hydrogen-bond acceptors (Lipinski definition) is 3. The van der Waals surface area contributed by atoms with Gasteiger partial charge in [-0.05, 0) is 59.6 Å². The summed E-state index contributed by atoms with van der Waals surface area (Å²) in [5.41, 5.74) is 2.99. The zero-order valence-corrected chi connectivity index (χ0v) is 12.7. The molecule has 0 saturated carbocycles. The third kappa shape index (κ3) is 2.06. The molecule has 0 aliphatic rings. The van der Waals surface area contributed by atoms with Crippen LogP contribution in [-0.4, -0.2) is 4.98 Å². The van der Waals surface area contributed by atoms with E-state index in [9.17, 15) is 4.79 Å². The van der Waals surface area contributed by atoms with Crippen molar-refractivity contribution in [3.8, 4) is 11.3 Å². The number of fused-ring (bicyclic) bond motifs is 1. The molecule has 0 fully saturated rings. The number of rotatable bonds is 1. The Morgan fingerprint density at radius 2 is 2.05 bits per heavy atom. The van der Waals surface area contributed by atoms with Crippen LogP contribution in [-0.2, 0) is 0 Å². The van der Waals surface area contributed by atoms with E-state index in [0.29, 0.717) is 22.3 Å². The molecule has 1 aromatic carbocycles. The third-order valence-corrected chi connectivity index (χ3v) is 3.83. The van der Waals surface area contributed by atoms with Gasteiger partial charge >= 0.3 is 0 Å². The summed E-state index contributed by atoms with van der Waals surface area (Å²) in [5.74, 6) is 0.570. The second-order valence-corrected chi connectivity index (χ2v) is 5.60. The molecule has 2 heterocycles. The van der Waals surface area contributed by atoms with E-state index in [4.69, 9.17) is 4.42 Å². The number of nitrogens with zero attached hydrogens (tertiary/aromatic N) is 1. The van der Waals surface area contributed by atoms with Crippen molar-refractivity contribution in [3.05, 3.63) is 62.5 Å². The highest BCUT2D eigenvalue weighted by Gasteiger charge is 2.14. The monoisotopic (exact) mass is 329 g/mol. The van der Waals surface area contributed by atoms with E-state index in [1.165, 1.54) is 0 Å². The molecule has 0 spiro atoms. The van der Waals surface area contributed by atoms with Gasteiger partial charge in [-0.25, -0.2) is 0 Å². The number of halogens is 1. The lowest BCUT2D eigenvalue weighted by molar-refractivity contribution is 0.611. The average molecular weight is 330 g/mol. The topological polar surface area (TPSA) is 43.1 Å². The maximum Gasteiger partial charge on any atom is 0.196 e. The van der Waals surface area contributed by atoms with Crippen LogP contribution in [0.15, 0.2) is 50.3 Å².